The van der Waals surface area contributed by atoms with Crippen LogP contribution in [0.2, 0.25) is 0 Å². The van der Waals surface area contributed by atoms with E-state index in [1.165, 1.54) is 28.9 Å². The number of nitrogens with one attached hydrogen (secondary N) is 2. The molecule has 1 aromatic heterocycles. The second-order valence-corrected chi connectivity index (χ2v) is 6.56. The van der Waals surface area contributed by atoms with Crippen molar-refractivity contribution in [1.29, 1.82) is 5.26 Å². The molecular formula is C14H15N5O3S. The first-order chi connectivity index (χ1) is 10.8. The number of benzene rings is 1. The van der Waals surface area contributed by atoms with Gasteiger partial charge in [-0.3, -0.25) is 14.9 Å². The van der Waals surface area contributed by atoms with E-state index in [0.29, 0.717) is 0 Å². The van der Waals surface area contributed by atoms with Gasteiger partial charge in [0.05, 0.1) is 22.2 Å². The summed E-state index contributed by atoms with van der Waals surface area (Å²) in [5.41, 5.74) is 3.89. The largest absolute Gasteiger partial charge is 0.276 e. The topological polar surface area (TPSA) is 117 Å². The summed E-state index contributed by atoms with van der Waals surface area (Å²) in [5, 5.41) is 12.9. The van der Waals surface area contributed by atoms with Gasteiger partial charge in [0.1, 0.15) is 6.54 Å². The molecule has 0 fully saturated rings. The first-order valence-corrected chi connectivity index (χ1v) is 8.12. The van der Waals surface area contributed by atoms with Crippen molar-refractivity contribution in [2.75, 3.05) is 0 Å². The van der Waals surface area contributed by atoms with Crippen molar-refractivity contribution in [2.24, 2.45) is 0 Å². The highest BCUT2D eigenvalue weighted by Gasteiger charge is 2.16. The number of hydrogen-bond acceptors (Lipinski definition) is 5. The normalized spacial score (nSPS) is 11.0. The van der Waals surface area contributed by atoms with Crippen LogP contribution in [0.1, 0.15) is 17.0 Å². The fourth-order valence-corrected chi connectivity index (χ4v) is 2.83. The molecule has 0 unspecified atom stereocenters. The first-order valence-electron chi connectivity index (χ1n) is 6.64. The van der Waals surface area contributed by atoms with Crippen LogP contribution in [0.15, 0.2) is 35.2 Å². The summed E-state index contributed by atoms with van der Waals surface area (Å²) in [6.07, 6.45) is 0. The summed E-state index contributed by atoms with van der Waals surface area (Å²) in [4.78, 5) is 13.7. The maximum absolute atomic E-state index is 12.1. The Labute approximate surface area is 133 Å². The molecule has 0 radical (unpaired) electrons. The van der Waals surface area contributed by atoms with Gasteiger partial charge in [0, 0.05) is 5.69 Å². The van der Waals surface area contributed by atoms with E-state index >= 15 is 0 Å². The number of amides is 1. The second-order valence-electron chi connectivity index (χ2n) is 4.88. The minimum atomic E-state index is -3.95. The van der Waals surface area contributed by atoms with Crippen molar-refractivity contribution < 1.29 is 13.2 Å². The quantitative estimate of drug-likeness (QED) is 0.767. The molecular weight excluding hydrogens is 318 g/mol. The number of aromatic nitrogens is 2. The molecule has 8 nitrogen and oxygen atoms in total. The van der Waals surface area contributed by atoms with Crippen LogP contribution in [-0.2, 0) is 21.4 Å². The Hall–Kier alpha value is -2.70. The van der Waals surface area contributed by atoms with E-state index in [-0.39, 0.29) is 17.0 Å². The summed E-state index contributed by atoms with van der Waals surface area (Å²) < 4.78 is 25.6. The number of sulfonamides is 1. The standard InChI is InChI=1S/C14H15N5O3S/c1-10-6-11(2)19(17-10)9-14(20)16-18-23(21,22)13-5-3-4-12(7-13)8-15/h3-7,18H,9H2,1-2H3,(H,16,20). The monoisotopic (exact) mass is 333 g/mol. The van der Waals surface area contributed by atoms with Crippen LogP contribution in [0, 0.1) is 25.2 Å². The molecule has 0 aliphatic heterocycles. The van der Waals surface area contributed by atoms with Gasteiger partial charge in [-0.25, -0.2) is 8.42 Å². The molecule has 9 heteroatoms. The van der Waals surface area contributed by atoms with Gasteiger partial charge in [-0.2, -0.15) is 10.4 Å². The number of nitriles is 1. The third kappa shape index (κ3) is 4.15. The third-order valence-electron chi connectivity index (χ3n) is 2.99. The summed E-state index contributed by atoms with van der Waals surface area (Å²) in [7, 11) is -3.95. The van der Waals surface area contributed by atoms with Gasteiger partial charge in [-0.05, 0) is 38.1 Å². The number of hydrogen-bond donors (Lipinski definition) is 2. The van der Waals surface area contributed by atoms with Crippen LogP contribution in [-0.4, -0.2) is 24.1 Å². The Bertz CT molecular complexity index is 880. The fourth-order valence-electron chi connectivity index (χ4n) is 1.93. The van der Waals surface area contributed by atoms with E-state index in [0.717, 1.165) is 11.4 Å². The predicted molar refractivity (Wildman–Crippen MR) is 81.3 cm³/mol. The second kappa shape index (κ2) is 6.60. The Balaban J connectivity index is 2.03. The van der Waals surface area contributed by atoms with Crippen molar-refractivity contribution >= 4 is 15.9 Å². The van der Waals surface area contributed by atoms with Crippen molar-refractivity contribution in [3.05, 3.63) is 47.3 Å². The molecule has 0 saturated carbocycles. The minimum absolute atomic E-state index is 0.108. The Morgan fingerprint density at radius 3 is 2.70 bits per heavy atom. The highest BCUT2D eigenvalue weighted by Crippen LogP contribution is 2.10. The van der Waals surface area contributed by atoms with Gasteiger partial charge in [-0.15, -0.1) is 4.83 Å². The van der Waals surface area contributed by atoms with E-state index in [1.54, 1.807) is 13.8 Å². The van der Waals surface area contributed by atoms with Crippen molar-refractivity contribution in [3.63, 3.8) is 0 Å². The highest BCUT2D eigenvalue weighted by atomic mass is 32.2. The summed E-state index contributed by atoms with van der Waals surface area (Å²) >= 11 is 0. The van der Waals surface area contributed by atoms with Gasteiger partial charge in [0.2, 0.25) is 0 Å². The number of aryl methyl sites for hydroxylation is 2. The Morgan fingerprint density at radius 2 is 2.09 bits per heavy atom. The lowest BCUT2D eigenvalue weighted by atomic mass is 10.2. The first kappa shape index (κ1) is 16.7. The van der Waals surface area contributed by atoms with E-state index in [4.69, 9.17) is 5.26 Å². The number of carbonyl (C=O) groups excluding carboxylic acids is 1. The molecule has 0 aliphatic carbocycles. The maximum atomic E-state index is 12.1. The lowest BCUT2D eigenvalue weighted by Crippen LogP contribution is -2.43. The molecule has 1 heterocycles. The molecule has 23 heavy (non-hydrogen) atoms. The van der Waals surface area contributed by atoms with Gasteiger partial charge in [-0.1, -0.05) is 6.07 Å². The van der Waals surface area contributed by atoms with E-state index in [1.807, 2.05) is 17.0 Å². The van der Waals surface area contributed by atoms with E-state index in [2.05, 4.69) is 10.5 Å². The van der Waals surface area contributed by atoms with Gasteiger partial charge >= 0.3 is 0 Å². The molecule has 2 rings (SSSR count). The molecule has 2 aromatic rings. The Kier molecular flexibility index (Phi) is 4.78. The maximum Gasteiger partial charge on any atom is 0.257 e. The summed E-state index contributed by atoms with van der Waals surface area (Å²) in [6.45, 7) is 3.48. The Morgan fingerprint density at radius 1 is 1.35 bits per heavy atom. The van der Waals surface area contributed by atoms with Crippen molar-refractivity contribution in [3.8, 4) is 6.07 Å². The minimum Gasteiger partial charge on any atom is -0.276 e. The zero-order chi connectivity index (χ0) is 17.0. The van der Waals surface area contributed by atoms with E-state index in [9.17, 15) is 13.2 Å². The summed E-state index contributed by atoms with van der Waals surface area (Å²) in [6, 6.07) is 9.15. The smallest absolute Gasteiger partial charge is 0.257 e. The molecule has 120 valence electrons. The molecule has 0 atom stereocenters. The van der Waals surface area contributed by atoms with Crippen molar-refractivity contribution in [1.82, 2.24) is 20.0 Å². The van der Waals surface area contributed by atoms with Crippen LogP contribution in [0.5, 0.6) is 0 Å². The molecule has 1 amide bonds. The van der Waals surface area contributed by atoms with Crippen LogP contribution < -0.4 is 10.3 Å². The zero-order valence-electron chi connectivity index (χ0n) is 12.6. The molecule has 1 aromatic carbocycles. The average Bonchev–Trinajstić information content (AvgIpc) is 2.83. The van der Waals surface area contributed by atoms with Crippen LogP contribution >= 0.6 is 0 Å². The summed E-state index contributed by atoms with van der Waals surface area (Å²) in [5.74, 6) is -0.559. The van der Waals surface area contributed by atoms with Gasteiger partial charge < -0.3 is 0 Å². The molecule has 2 N–H and O–H groups in total. The molecule has 0 bridgehead atoms. The number of hydrazine groups is 1. The molecule has 0 aliphatic rings. The average molecular weight is 333 g/mol. The van der Waals surface area contributed by atoms with Crippen LogP contribution in [0.25, 0.3) is 0 Å². The highest BCUT2D eigenvalue weighted by molar-refractivity contribution is 7.89. The predicted octanol–water partition coefficient (Wildman–Crippen LogP) is 0.381. The number of carbonyl (C=O) groups is 1. The fraction of sp³-hybridized carbons (Fsp3) is 0.214. The zero-order valence-corrected chi connectivity index (χ0v) is 13.4. The lowest BCUT2D eigenvalue weighted by molar-refractivity contribution is -0.122. The van der Waals surface area contributed by atoms with Crippen LogP contribution in [0.4, 0.5) is 0 Å². The SMILES string of the molecule is Cc1cc(C)n(CC(=O)NNS(=O)(=O)c2cccc(C#N)c2)n1. The van der Waals surface area contributed by atoms with E-state index < -0.39 is 15.9 Å². The van der Waals surface area contributed by atoms with Gasteiger partial charge in [0.15, 0.2) is 0 Å². The number of nitrogens with zero attached hydrogens (tertiary/aromatic N) is 3. The molecule has 0 saturated heterocycles. The van der Waals surface area contributed by atoms with Crippen LogP contribution in [0.3, 0.4) is 0 Å². The number of rotatable bonds is 5. The molecule has 0 spiro atoms. The van der Waals surface area contributed by atoms with Gasteiger partial charge in [0.25, 0.3) is 15.9 Å². The third-order valence-corrected chi connectivity index (χ3v) is 4.24. The van der Waals surface area contributed by atoms with Crippen molar-refractivity contribution in [2.45, 2.75) is 25.3 Å². The lowest BCUT2D eigenvalue weighted by Gasteiger charge is -2.09.